The fourth-order valence-corrected chi connectivity index (χ4v) is 1.16. The highest BCUT2D eigenvalue weighted by Crippen LogP contribution is 2.18. The molecule has 0 saturated carbocycles. The summed E-state index contributed by atoms with van der Waals surface area (Å²) in [6.45, 7) is 11.9. The van der Waals surface area contributed by atoms with Crippen LogP contribution >= 0.6 is 0 Å². The normalized spacial score (nSPS) is 14.8. The summed E-state index contributed by atoms with van der Waals surface area (Å²) in [6.07, 6.45) is 3.57. The highest BCUT2D eigenvalue weighted by molar-refractivity contribution is 4.67. The Morgan fingerprint density at radius 2 is 1.83 bits per heavy atom. The Morgan fingerprint density at radius 3 is 2.25 bits per heavy atom. The molecule has 0 aromatic carbocycles. The first kappa shape index (κ1) is 12.0. The molecule has 12 heavy (non-hydrogen) atoms. The van der Waals surface area contributed by atoms with Crippen molar-refractivity contribution in [3.05, 3.63) is 0 Å². The molecular formula is C11H24O. The zero-order valence-corrected chi connectivity index (χ0v) is 9.31. The molecule has 1 nitrogen and oxygen atoms in total. The minimum atomic E-state index is 0.0815. The van der Waals surface area contributed by atoms with Gasteiger partial charge < -0.3 is 4.74 Å². The summed E-state index contributed by atoms with van der Waals surface area (Å²) < 4.78 is 5.82. The lowest BCUT2D eigenvalue weighted by Gasteiger charge is -2.26. The summed E-state index contributed by atoms with van der Waals surface area (Å²) in [5.74, 6) is 0.695. The molecule has 0 aromatic heterocycles. The molecular weight excluding hydrogens is 148 g/mol. The highest BCUT2D eigenvalue weighted by Gasteiger charge is 2.17. The first-order valence-electron chi connectivity index (χ1n) is 5.15. The van der Waals surface area contributed by atoms with Gasteiger partial charge in [-0.2, -0.15) is 0 Å². The van der Waals surface area contributed by atoms with E-state index in [-0.39, 0.29) is 5.60 Å². The van der Waals surface area contributed by atoms with E-state index in [4.69, 9.17) is 4.74 Å². The molecule has 1 heteroatoms. The van der Waals surface area contributed by atoms with Crippen molar-refractivity contribution in [1.29, 1.82) is 0 Å². The molecule has 0 bridgehead atoms. The van der Waals surface area contributed by atoms with Crippen LogP contribution in [0.25, 0.3) is 0 Å². The highest BCUT2D eigenvalue weighted by atomic mass is 16.5. The summed E-state index contributed by atoms with van der Waals surface area (Å²) in [5, 5.41) is 0. The Hall–Kier alpha value is -0.0400. The number of hydrogen-bond donors (Lipinski definition) is 0. The molecule has 0 N–H and O–H groups in total. The Labute approximate surface area is 77.5 Å². The smallest absolute Gasteiger partial charge is 0.0626 e. The lowest BCUT2D eigenvalue weighted by molar-refractivity contribution is -0.0390. The van der Waals surface area contributed by atoms with Crippen LogP contribution in [0.1, 0.15) is 53.9 Å². The van der Waals surface area contributed by atoms with Crippen LogP contribution in [-0.4, -0.2) is 12.2 Å². The fraction of sp³-hybridized carbons (Fsp3) is 1.00. The van der Waals surface area contributed by atoms with Gasteiger partial charge in [0.05, 0.1) is 5.60 Å². The molecule has 0 aliphatic rings. The molecule has 0 amide bonds. The van der Waals surface area contributed by atoms with Crippen LogP contribution in [0.15, 0.2) is 0 Å². The van der Waals surface area contributed by atoms with E-state index >= 15 is 0 Å². The minimum Gasteiger partial charge on any atom is -0.375 e. The van der Waals surface area contributed by atoms with E-state index in [9.17, 15) is 0 Å². The van der Waals surface area contributed by atoms with Gasteiger partial charge in [-0.05, 0) is 26.2 Å². The van der Waals surface area contributed by atoms with E-state index in [1.807, 2.05) is 0 Å². The third kappa shape index (κ3) is 5.59. The van der Waals surface area contributed by atoms with Crippen LogP contribution in [0.2, 0.25) is 0 Å². The molecule has 0 aliphatic heterocycles. The van der Waals surface area contributed by atoms with E-state index < -0.39 is 0 Å². The van der Waals surface area contributed by atoms with E-state index in [0.29, 0.717) is 5.92 Å². The molecule has 0 rings (SSSR count). The van der Waals surface area contributed by atoms with Gasteiger partial charge in [-0.1, -0.05) is 33.6 Å². The fourth-order valence-electron chi connectivity index (χ4n) is 1.16. The first-order chi connectivity index (χ1) is 5.52. The van der Waals surface area contributed by atoms with Gasteiger partial charge in [0.25, 0.3) is 0 Å². The topological polar surface area (TPSA) is 9.23 Å². The Balaban J connectivity index is 3.59. The number of rotatable bonds is 6. The van der Waals surface area contributed by atoms with Crippen LogP contribution in [0, 0.1) is 5.92 Å². The van der Waals surface area contributed by atoms with Crippen LogP contribution in [0.5, 0.6) is 0 Å². The average Bonchev–Trinajstić information content (AvgIpc) is 2.00. The molecule has 0 aliphatic carbocycles. The van der Waals surface area contributed by atoms with Crippen molar-refractivity contribution in [2.24, 2.45) is 5.92 Å². The average molecular weight is 172 g/mol. The summed E-state index contributed by atoms with van der Waals surface area (Å²) in [7, 11) is 0. The van der Waals surface area contributed by atoms with Gasteiger partial charge >= 0.3 is 0 Å². The van der Waals surface area contributed by atoms with Gasteiger partial charge in [0.2, 0.25) is 0 Å². The van der Waals surface area contributed by atoms with Crippen LogP contribution in [0.4, 0.5) is 0 Å². The van der Waals surface area contributed by atoms with Gasteiger partial charge in [0, 0.05) is 6.61 Å². The van der Waals surface area contributed by atoms with E-state index in [2.05, 4.69) is 34.6 Å². The van der Waals surface area contributed by atoms with E-state index in [1.54, 1.807) is 0 Å². The molecule has 0 saturated heterocycles. The van der Waals surface area contributed by atoms with Crippen molar-refractivity contribution < 1.29 is 4.74 Å². The molecule has 1 atom stereocenters. The van der Waals surface area contributed by atoms with Crippen molar-refractivity contribution in [1.82, 2.24) is 0 Å². The zero-order valence-electron chi connectivity index (χ0n) is 9.31. The lowest BCUT2D eigenvalue weighted by atomic mass is 10.0. The monoisotopic (exact) mass is 172 g/mol. The van der Waals surface area contributed by atoms with Gasteiger partial charge in [-0.15, -0.1) is 0 Å². The zero-order chi connectivity index (χ0) is 9.61. The molecule has 0 spiro atoms. The predicted octanol–water partition coefficient (Wildman–Crippen LogP) is 3.63. The lowest BCUT2D eigenvalue weighted by Crippen LogP contribution is -2.26. The second-order valence-electron chi connectivity index (χ2n) is 4.33. The maximum atomic E-state index is 5.82. The van der Waals surface area contributed by atoms with E-state index in [0.717, 1.165) is 13.0 Å². The number of hydrogen-bond acceptors (Lipinski definition) is 1. The predicted molar refractivity (Wildman–Crippen MR) is 54.4 cm³/mol. The Bertz CT molecular complexity index is 108. The van der Waals surface area contributed by atoms with Gasteiger partial charge in [-0.25, -0.2) is 0 Å². The van der Waals surface area contributed by atoms with Crippen LogP contribution < -0.4 is 0 Å². The maximum Gasteiger partial charge on any atom is 0.0626 e. The van der Waals surface area contributed by atoms with Crippen molar-refractivity contribution in [3.63, 3.8) is 0 Å². The first-order valence-corrected chi connectivity index (χ1v) is 5.15. The Morgan fingerprint density at radius 1 is 1.25 bits per heavy atom. The maximum absolute atomic E-state index is 5.82. The molecule has 1 unspecified atom stereocenters. The third-order valence-corrected chi connectivity index (χ3v) is 2.31. The van der Waals surface area contributed by atoms with Gasteiger partial charge in [-0.3, -0.25) is 0 Å². The summed E-state index contributed by atoms with van der Waals surface area (Å²) in [4.78, 5) is 0. The second kappa shape index (κ2) is 5.58. The molecule has 0 fully saturated rings. The quantitative estimate of drug-likeness (QED) is 0.594. The minimum absolute atomic E-state index is 0.0815. The molecule has 74 valence electrons. The van der Waals surface area contributed by atoms with Gasteiger partial charge in [0.1, 0.15) is 0 Å². The van der Waals surface area contributed by atoms with Gasteiger partial charge in [0.15, 0.2) is 0 Å². The molecule has 0 heterocycles. The standard InChI is InChI=1S/C11H24O/c1-6-8-11(4,5)12-9-10(3)7-2/h10H,6-9H2,1-5H3. The van der Waals surface area contributed by atoms with E-state index in [1.165, 1.54) is 12.8 Å². The summed E-state index contributed by atoms with van der Waals surface area (Å²) in [6, 6.07) is 0. The third-order valence-electron chi connectivity index (χ3n) is 2.31. The molecule has 0 radical (unpaired) electrons. The van der Waals surface area contributed by atoms with Crippen molar-refractivity contribution in [3.8, 4) is 0 Å². The largest absolute Gasteiger partial charge is 0.375 e. The summed E-state index contributed by atoms with van der Waals surface area (Å²) in [5.41, 5.74) is 0.0815. The van der Waals surface area contributed by atoms with Crippen LogP contribution in [-0.2, 0) is 4.74 Å². The van der Waals surface area contributed by atoms with Crippen molar-refractivity contribution in [2.75, 3.05) is 6.61 Å². The van der Waals surface area contributed by atoms with Crippen LogP contribution in [0.3, 0.4) is 0 Å². The number of ether oxygens (including phenoxy) is 1. The van der Waals surface area contributed by atoms with Crippen molar-refractivity contribution in [2.45, 2.75) is 59.5 Å². The second-order valence-corrected chi connectivity index (χ2v) is 4.33. The Kier molecular flexibility index (Phi) is 5.56. The SMILES string of the molecule is CCCC(C)(C)OCC(C)CC. The molecule has 0 aromatic rings. The summed E-state index contributed by atoms with van der Waals surface area (Å²) >= 11 is 0. The van der Waals surface area contributed by atoms with Crippen molar-refractivity contribution >= 4 is 0 Å².